The van der Waals surface area contributed by atoms with Crippen molar-refractivity contribution in [3.8, 4) is 5.82 Å². The maximum atomic E-state index is 12.5. The fourth-order valence-corrected chi connectivity index (χ4v) is 1.47. The van der Waals surface area contributed by atoms with Crippen LogP contribution in [0.1, 0.15) is 5.56 Å². The summed E-state index contributed by atoms with van der Waals surface area (Å²) in [5.41, 5.74) is -1.59. The van der Waals surface area contributed by atoms with Gasteiger partial charge in [0.15, 0.2) is 0 Å². The normalized spacial score (nSPS) is 11.4. The second-order valence-corrected chi connectivity index (χ2v) is 3.57. The summed E-state index contributed by atoms with van der Waals surface area (Å²) in [4.78, 5) is 17.5. The van der Waals surface area contributed by atoms with Crippen LogP contribution >= 0.6 is 0 Å². The zero-order chi connectivity index (χ0) is 14.9. The largest absolute Gasteiger partial charge is 0.419 e. The number of nitro groups is 1. The molecule has 2 rings (SSSR count). The van der Waals surface area contributed by atoms with Crippen molar-refractivity contribution < 1.29 is 18.1 Å². The van der Waals surface area contributed by atoms with Crippen LogP contribution in [0, 0.1) is 10.1 Å². The average molecular weight is 288 g/mol. The van der Waals surface area contributed by atoms with Gasteiger partial charge in [0.05, 0.1) is 16.7 Å². The Balaban J connectivity index is 2.58. The van der Waals surface area contributed by atoms with Gasteiger partial charge in [0.2, 0.25) is 11.6 Å². The highest BCUT2D eigenvalue weighted by Gasteiger charge is 2.33. The van der Waals surface area contributed by atoms with Gasteiger partial charge in [0.25, 0.3) is 0 Å². The predicted molar refractivity (Wildman–Crippen MR) is 60.4 cm³/mol. The highest BCUT2D eigenvalue weighted by Crippen LogP contribution is 2.31. The third-order valence-corrected chi connectivity index (χ3v) is 2.35. The van der Waals surface area contributed by atoms with Crippen molar-refractivity contribution in [1.82, 2.24) is 19.7 Å². The molecular weight excluding hydrogens is 281 g/mol. The van der Waals surface area contributed by atoms with Crippen LogP contribution in [0.5, 0.6) is 0 Å². The van der Waals surface area contributed by atoms with Gasteiger partial charge in [-0.3, -0.25) is 10.1 Å². The first-order valence-electron chi connectivity index (χ1n) is 5.14. The van der Waals surface area contributed by atoms with Crippen molar-refractivity contribution in [3.05, 3.63) is 34.4 Å². The Morgan fingerprint density at radius 3 is 2.60 bits per heavy atom. The van der Waals surface area contributed by atoms with Crippen LogP contribution in [-0.2, 0) is 6.18 Å². The first-order chi connectivity index (χ1) is 9.34. The van der Waals surface area contributed by atoms with Crippen molar-refractivity contribution in [2.24, 2.45) is 0 Å². The van der Waals surface area contributed by atoms with E-state index in [2.05, 4.69) is 20.4 Å². The van der Waals surface area contributed by atoms with E-state index < -0.39 is 22.4 Å². The molecule has 0 amide bonds. The van der Waals surface area contributed by atoms with Crippen molar-refractivity contribution in [2.45, 2.75) is 6.18 Å². The van der Waals surface area contributed by atoms with Crippen LogP contribution in [0.15, 0.2) is 18.7 Å². The Labute approximate surface area is 109 Å². The van der Waals surface area contributed by atoms with Crippen LogP contribution in [-0.4, -0.2) is 31.7 Å². The topological polar surface area (TPSA) is 98.8 Å². The van der Waals surface area contributed by atoms with Gasteiger partial charge in [-0.1, -0.05) is 0 Å². The molecule has 0 fully saturated rings. The minimum atomic E-state index is -4.59. The fourth-order valence-electron chi connectivity index (χ4n) is 1.47. The first kappa shape index (κ1) is 13.7. The van der Waals surface area contributed by atoms with E-state index >= 15 is 0 Å². The molecule has 0 bridgehead atoms. The smallest absolute Gasteiger partial charge is 0.367 e. The maximum absolute atomic E-state index is 12.5. The molecule has 0 aliphatic carbocycles. The van der Waals surface area contributed by atoms with Crippen LogP contribution in [0.4, 0.5) is 24.7 Å². The summed E-state index contributed by atoms with van der Waals surface area (Å²) in [6.07, 6.45) is -2.42. The minimum Gasteiger partial charge on any atom is -0.367 e. The minimum absolute atomic E-state index is 0.121. The number of hydrogen-bond acceptors (Lipinski definition) is 6. The van der Waals surface area contributed by atoms with E-state index in [4.69, 9.17) is 0 Å². The monoisotopic (exact) mass is 288 g/mol. The summed E-state index contributed by atoms with van der Waals surface area (Å²) < 4.78 is 38.2. The van der Waals surface area contributed by atoms with E-state index in [0.717, 1.165) is 6.33 Å². The lowest BCUT2D eigenvalue weighted by Gasteiger charge is -2.05. The fraction of sp³-hybridized carbons (Fsp3) is 0.222. The summed E-state index contributed by atoms with van der Waals surface area (Å²) in [6, 6.07) is 0. The highest BCUT2D eigenvalue weighted by atomic mass is 19.4. The molecule has 20 heavy (non-hydrogen) atoms. The molecule has 2 aromatic heterocycles. The van der Waals surface area contributed by atoms with Crippen molar-refractivity contribution in [2.75, 3.05) is 12.4 Å². The lowest BCUT2D eigenvalue weighted by molar-refractivity contribution is -0.384. The van der Waals surface area contributed by atoms with Crippen LogP contribution in [0.2, 0.25) is 0 Å². The number of alkyl halides is 3. The second-order valence-electron chi connectivity index (χ2n) is 3.57. The second kappa shape index (κ2) is 4.75. The molecule has 0 spiro atoms. The number of rotatable bonds is 3. The number of nitrogens with zero attached hydrogens (tertiary/aromatic N) is 5. The molecule has 11 heteroatoms. The molecule has 2 aromatic rings. The molecule has 0 aromatic carbocycles. The first-order valence-corrected chi connectivity index (χ1v) is 5.14. The predicted octanol–water partition coefficient (Wildman–Crippen LogP) is 1.63. The summed E-state index contributed by atoms with van der Waals surface area (Å²) in [7, 11) is 1.39. The average Bonchev–Trinajstić information content (AvgIpc) is 2.86. The number of anilines is 1. The van der Waals surface area contributed by atoms with Gasteiger partial charge in [0, 0.05) is 13.2 Å². The molecule has 8 nitrogen and oxygen atoms in total. The Hall–Kier alpha value is -2.72. The van der Waals surface area contributed by atoms with E-state index in [1.165, 1.54) is 7.05 Å². The third kappa shape index (κ3) is 2.37. The summed E-state index contributed by atoms with van der Waals surface area (Å²) in [6.45, 7) is 0. The van der Waals surface area contributed by atoms with Crippen LogP contribution < -0.4 is 5.32 Å². The van der Waals surface area contributed by atoms with Gasteiger partial charge in [-0.2, -0.15) is 18.3 Å². The number of aromatic nitrogens is 4. The summed E-state index contributed by atoms with van der Waals surface area (Å²) in [5, 5.41) is 16.9. The van der Waals surface area contributed by atoms with Crippen molar-refractivity contribution in [1.29, 1.82) is 0 Å². The summed E-state index contributed by atoms with van der Waals surface area (Å²) >= 11 is 0. The Kier molecular flexibility index (Phi) is 3.26. The Morgan fingerprint density at radius 1 is 1.40 bits per heavy atom. The van der Waals surface area contributed by atoms with Gasteiger partial charge >= 0.3 is 11.9 Å². The van der Waals surface area contributed by atoms with Crippen LogP contribution in [0.3, 0.4) is 0 Å². The van der Waals surface area contributed by atoms with E-state index in [1.54, 1.807) is 0 Å². The van der Waals surface area contributed by atoms with Gasteiger partial charge < -0.3 is 5.32 Å². The lowest BCUT2D eigenvalue weighted by atomic mass is 10.3. The molecule has 0 radical (unpaired) electrons. The molecule has 0 saturated heterocycles. The molecule has 2 heterocycles. The quantitative estimate of drug-likeness (QED) is 0.680. The highest BCUT2D eigenvalue weighted by molar-refractivity contribution is 5.63. The standard InChI is InChI=1S/C9H7F3N6O2/c1-13-7-6(18(19)20)8(15-4-14-7)17-3-5(2-16-17)9(10,11)12/h2-4H,1H3,(H,13,14,15). The Bertz CT molecular complexity index is 653. The van der Waals surface area contributed by atoms with Gasteiger partial charge in [0.1, 0.15) is 6.33 Å². The third-order valence-electron chi connectivity index (χ3n) is 2.35. The zero-order valence-electron chi connectivity index (χ0n) is 9.92. The summed E-state index contributed by atoms with van der Waals surface area (Å²) in [5.74, 6) is -0.478. The van der Waals surface area contributed by atoms with Gasteiger partial charge in [-0.15, -0.1) is 0 Å². The molecule has 1 N–H and O–H groups in total. The molecule has 0 aliphatic heterocycles. The molecule has 0 unspecified atom stereocenters. The number of hydrogen-bond donors (Lipinski definition) is 1. The zero-order valence-corrected chi connectivity index (χ0v) is 9.92. The molecule has 106 valence electrons. The van der Waals surface area contributed by atoms with E-state index in [-0.39, 0.29) is 11.6 Å². The number of nitrogens with one attached hydrogen (secondary N) is 1. The van der Waals surface area contributed by atoms with Gasteiger partial charge in [-0.25, -0.2) is 14.6 Å². The molecule has 0 aliphatic rings. The van der Waals surface area contributed by atoms with Crippen molar-refractivity contribution >= 4 is 11.5 Å². The molecular formula is C9H7F3N6O2. The van der Waals surface area contributed by atoms with E-state index in [9.17, 15) is 23.3 Å². The van der Waals surface area contributed by atoms with E-state index in [0.29, 0.717) is 17.1 Å². The lowest BCUT2D eigenvalue weighted by Crippen LogP contribution is -2.08. The van der Waals surface area contributed by atoms with E-state index in [1.807, 2.05) is 0 Å². The molecule has 0 atom stereocenters. The number of halogens is 3. The van der Waals surface area contributed by atoms with Gasteiger partial charge in [-0.05, 0) is 0 Å². The molecule has 0 saturated carbocycles. The van der Waals surface area contributed by atoms with Crippen LogP contribution in [0.25, 0.3) is 5.82 Å². The maximum Gasteiger partial charge on any atom is 0.419 e. The SMILES string of the molecule is CNc1ncnc(-n2cc(C(F)(F)F)cn2)c1[N+](=O)[O-]. The van der Waals surface area contributed by atoms with Crippen molar-refractivity contribution in [3.63, 3.8) is 0 Å². The Morgan fingerprint density at radius 2 is 2.10 bits per heavy atom.